The molecule has 0 saturated carbocycles. The maximum atomic E-state index is 12.5. The fourth-order valence-electron chi connectivity index (χ4n) is 3.79. The van der Waals surface area contributed by atoms with Gasteiger partial charge >= 0.3 is 6.09 Å². The minimum atomic E-state index is -0.556. The van der Waals surface area contributed by atoms with Crippen LogP contribution < -0.4 is 15.8 Å². The first-order chi connectivity index (χ1) is 16.1. The Morgan fingerprint density at radius 2 is 2.06 bits per heavy atom. The molecule has 0 spiro atoms. The molecule has 1 aliphatic heterocycles. The summed E-state index contributed by atoms with van der Waals surface area (Å²) in [6.07, 6.45) is 4.09. The Kier molecular flexibility index (Phi) is 6.56. The maximum Gasteiger partial charge on any atom is 0.410 e. The van der Waals surface area contributed by atoms with E-state index in [1.165, 1.54) is 17.7 Å². The SMILES string of the molecule is Cc1c(C(N)=O)sc2ncnc(Nc3cccnc3OC3CCCN(C(=O)OC(C)(C)C)C3)c12. The molecule has 1 unspecified atom stereocenters. The van der Waals surface area contributed by atoms with Crippen LogP contribution in [0.15, 0.2) is 24.7 Å². The number of hydrogen-bond donors (Lipinski definition) is 2. The molecule has 10 nitrogen and oxygen atoms in total. The predicted octanol–water partition coefficient (Wildman–Crippen LogP) is 4.02. The average Bonchev–Trinajstić information content (AvgIpc) is 3.12. The third kappa shape index (κ3) is 5.19. The minimum absolute atomic E-state index is 0.230. The van der Waals surface area contributed by atoms with Gasteiger partial charge in [-0.05, 0) is 58.2 Å². The van der Waals surface area contributed by atoms with Crippen molar-refractivity contribution in [3.05, 3.63) is 35.1 Å². The van der Waals surface area contributed by atoms with Gasteiger partial charge in [-0.25, -0.2) is 19.7 Å². The summed E-state index contributed by atoms with van der Waals surface area (Å²) in [5, 5.41) is 4.00. The van der Waals surface area contributed by atoms with E-state index >= 15 is 0 Å². The molecule has 4 rings (SSSR count). The Morgan fingerprint density at radius 1 is 1.26 bits per heavy atom. The van der Waals surface area contributed by atoms with E-state index in [2.05, 4.69) is 20.3 Å². The van der Waals surface area contributed by atoms with Gasteiger partial charge in [-0.3, -0.25) is 4.79 Å². The fraction of sp³-hybridized carbons (Fsp3) is 0.435. The van der Waals surface area contributed by atoms with Crippen LogP contribution in [0.1, 0.15) is 48.8 Å². The van der Waals surface area contributed by atoms with Crippen molar-refractivity contribution in [2.45, 2.75) is 52.2 Å². The van der Waals surface area contributed by atoms with Gasteiger partial charge < -0.3 is 25.4 Å². The number of anilines is 2. The molecule has 1 aliphatic rings. The zero-order valence-electron chi connectivity index (χ0n) is 19.6. The minimum Gasteiger partial charge on any atom is -0.471 e. The zero-order chi connectivity index (χ0) is 24.5. The lowest BCUT2D eigenvalue weighted by Crippen LogP contribution is -2.46. The van der Waals surface area contributed by atoms with Crippen LogP contribution in [0.5, 0.6) is 5.88 Å². The number of hydrogen-bond acceptors (Lipinski definition) is 9. The van der Waals surface area contributed by atoms with Crippen molar-refractivity contribution in [1.29, 1.82) is 0 Å². The van der Waals surface area contributed by atoms with Crippen molar-refractivity contribution < 1.29 is 19.1 Å². The van der Waals surface area contributed by atoms with E-state index in [-0.39, 0.29) is 12.2 Å². The predicted molar refractivity (Wildman–Crippen MR) is 130 cm³/mol. The highest BCUT2D eigenvalue weighted by Crippen LogP contribution is 2.36. The number of nitrogens with one attached hydrogen (secondary N) is 1. The Labute approximate surface area is 201 Å². The highest BCUT2D eigenvalue weighted by atomic mass is 32.1. The highest BCUT2D eigenvalue weighted by molar-refractivity contribution is 7.20. The third-order valence-corrected chi connectivity index (χ3v) is 6.50. The molecule has 0 radical (unpaired) electrons. The molecule has 0 bridgehead atoms. The lowest BCUT2D eigenvalue weighted by molar-refractivity contribution is 0.00732. The summed E-state index contributed by atoms with van der Waals surface area (Å²) < 4.78 is 11.7. The Balaban J connectivity index is 1.54. The van der Waals surface area contributed by atoms with Crippen molar-refractivity contribution in [3.63, 3.8) is 0 Å². The molecule has 180 valence electrons. The number of rotatable bonds is 5. The van der Waals surface area contributed by atoms with E-state index in [0.717, 1.165) is 23.8 Å². The van der Waals surface area contributed by atoms with E-state index in [1.807, 2.05) is 33.8 Å². The molecular weight excluding hydrogens is 456 g/mol. The largest absolute Gasteiger partial charge is 0.471 e. The number of carbonyl (C=O) groups is 2. The molecule has 0 aromatic carbocycles. The normalized spacial score (nSPS) is 16.4. The van der Waals surface area contributed by atoms with E-state index < -0.39 is 11.5 Å². The lowest BCUT2D eigenvalue weighted by Gasteiger charge is -2.34. The van der Waals surface area contributed by atoms with Gasteiger partial charge in [0.25, 0.3) is 5.91 Å². The van der Waals surface area contributed by atoms with Gasteiger partial charge in [-0.1, -0.05) is 0 Å². The van der Waals surface area contributed by atoms with E-state index in [0.29, 0.717) is 40.2 Å². The van der Waals surface area contributed by atoms with Crippen molar-refractivity contribution >= 4 is 45.1 Å². The molecule has 3 aromatic heterocycles. The van der Waals surface area contributed by atoms with Crippen LogP contribution in [0.25, 0.3) is 10.2 Å². The van der Waals surface area contributed by atoms with E-state index in [9.17, 15) is 9.59 Å². The highest BCUT2D eigenvalue weighted by Gasteiger charge is 2.29. The monoisotopic (exact) mass is 484 g/mol. The van der Waals surface area contributed by atoms with Crippen LogP contribution in [0.2, 0.25) is 0 Å². The second-order valence-corrected chi connectivity index (χ2v) is 10.1. The number of piperidine rings is 1. The Morgan fingerprint density at radius 3 is 2.79 bits per heavy atom. The first-order valence-corrected chi connectivity index (χ1v) is 11.8. The van der Waals surface area contributed by atoms with Crippen LogP contribution in [0.3, 0.4) is 0 Å². The number of nitrogens with zero attached hydrogens (tertiary/aromatic N) is 4. The first kappa shape index (κ1) is 23.7. The number of aromatic nitrogens is 3. The molecule has 3 aromatic rings. The van der Waals surface area contributed by atoms with Crippen molar-refractivity contribution in [1.82, 2.24) is 19.9 Å². The summed E-state index contributed by atoms with van der Waals surface area (Å²) in [7, 11) is 0. The number of pyridine rings is 1. The molecule has 0 aliphatic carbocycles. The van der Waals surface area contributed by atoms with Crippen molar-refractivity contribution in [3.8, 4) is 5.88 Å². The lowest BCUT2D eigenvalue weighted by atomic mass is 10.1. The average molecular weight is 485 g/mol. The maximum absolute atomic E-state index is 12.5. The number of thiophene rings is 1. The number of aryl methyl sites for hydroxylation is 1. The van der Waals surface area contributed by atoms with Gasteiger partial charge in [0.1, 0.15) is 34.4 Å². The van der Waals surface area contributed by atoms with Gasteiger partial charge in [0.05, 0.1) is 16.8 Å². The summed E-state index contributed by atoms with van der Waals surface area (Å²) in [5.74, 6) is 0.431. The Hall–Kier alpha value is -3.47. The van der Waals surface area contributed by atoms with Crippen LogP contribution in [0, 0.1) is 6.92 Å². The number of amides is 2. The van der Waals surface area contributed by atoms with Gasteiger partial charge in [0, 0.05) is 12.7 Å². The number of primary amides is 1. The van der Waals surface area contributed by atoms with Gasteiger partial charge in [-0.2, -0.15) is 0 Å². The number of likely N-dealkylation sites (tertiary alicyclic amines) is 1. The molecular formula is C23H28N6O4S. The molecule has 1 atom stereocenters. The van der Waals surface area contributed by atoms with Crippen LogP contribution in [0.4, 0.5) is 16.3 Å². The smallest absolute Gasteiger partial charge is 0.410 e. The van der Waals surface area contributed by atoms with Crippen LogP contribution >= 0.6 is 11.3 Å². The molecule has 3 N–H and O–H groups in total. The van der Waals surface area contributed by atoms with Crippen molar-refractivity contribution in [2.24, 2.45) is 5.73 Å². The molecule has 4 heterocycles. The van der Waals surface area contributed by atoms with Crippen LogP contribution in [-0.2, 0) is 4.74 Å². The van der Waals surface area contributed by atoms with Gasteiger partial charge in [-0.15, -0.1) is 11.3 Å². The molecule has 1 saturated heterocycles. The molecule has 34 heavy (non-hydrogen) atoms. The fourth-order valence-corrected chi connectivity index (χ4v) is 4.79. The summed E-state index contributed by atoms with van der Waals surface area (Å²) in [4.78, 5) is 40.1. The second kappa shape index (κ2) is 9.41. The summed E-state index contributed by atoms with van der Waals surface area (Å²) >= 11 is 1.23. The van der Waals surface area contributed by atoms with Crippen molar-refractivity contribution in [2.75, 3.05) is 18.4 Å². The van der Waals surface area contributed by atoms with Crippen LogP contribution in [-0.4, -0.2) is 56.6 Å². The number of ether oxygens (including phenoxy) is 2. The first-order valence-electron chi connectivity index (χ1n) is 11.0. The van der Waals surface area contributed by atoms with E-state index in [4.69, 9.17) is 15.2 Å². The second-order valence-electron chi connectivity index (χ2n) is 9.11. The van der Waals surface area contributed by atoms with Gasteiger partial charge in [0.2, 0.25) is 5.88 Å². The zero-order valence-corrected chi connectivity index (χ0v) is 20.4. The number of fused-ring (bicyclic) bond motifs is 1. The van der Waals surface area contributed by atoms with Gasteiger partial charge in [0.15, 0.2) is 0 Å². The molecule has 11 heteroatoms. The topological polar surface area (TPSA) is 133 Å². The molecule has 1 fully saturated rings. The summed E-state index contributed by atoms with van der Waals surface area (Å²) in [6, 6.07) is 3.62. The summed E-state index contributed by atoms with van der Waals surface area (Å²) in [6.45, 7) is 8.40. The number of nitrogens with two attached hydrogens (primary N) is 1. The third-order valence-electron chi connectivity index (χ3n) is 5.28. The standard InChI is InChI=1S/C23H28N6O4S/c1-13-16-19(26-12-27-21(16)34-17(13)18(24)30)28-15-8-5-9-25-20(15)32-14-7-6-10-29(11-14)22(31)33-23(2,3)4/h5,8-9,12,14H,6-7,10-11H2,1-4H3,(H2,24,30)(H,26,27,28). The quantitative estimate of drug-likeness (QED) is 0.555. The van der Waals surface area contributed by atoms with E-state index in [1.54, 1.807) is 17.2 Å². The Bertz CT molecular complexity index is 1220. The summed E-state index contributed by atoms with van der Waals surface area (Å²) in [5.41, 5.74) is 6.29. The molecule has 2 amide bonds. The number of carbonyl (C=O) groups excluding carboxylic acids is 2.